The van der Waals surface area contributed by atoms with Gasteiger partial charge >= 0.3 is 6.18 Å². The van der Waals surface area contributed by atoms with Crippen molar-refractivity contribution >= 4 is 33.8 Å². The molecule has 0 bridgehead atoms. The molecule has 1 N–H and O–H groups in total. The number of rotatable bonds is 2. The van der Waals surface area contributed by atoms with E-state index in [4.69, 9.17) is 0 Å². The Labute approximate surface area is 150 Å². The fourth-order valence-corrected chi connectivity index (χ4v) is 2.59. The van der Waals surface area contributed by atoms with Crippen LogP contribution >= 0.6 is 0 Å². The van der Waals surface area contributed by atoms with Gasteiger partial charge in [0.05, 0.1) is 27.6 Å². The molecule has 134 valence electrons. The monoisotopic (exact) mass is 368 g/mol. The summed E-state index contributed by atoms with van der Waals surface area (Å²) in [5.74, 6) is -0.475. The highest BCUT2D eigenvalue weighted by atomic mass is 19.4. The minimum Gasteiger partial charge on any atom is -0.307 e. The average molecular weight is 368 g/mol. The molecule has 0 radical (unpaired) electrons. The Balaban J connectivity index is 1.61. The number of fused-ring (bicyclic) bond motifs is 2. The van der Waals surface area contributed by atoms with Crippen LogP contribution in [0.25, 0.3) is 22.1 Å². The molecule has 8 heteroatoms. The van der Waals surface area contributed by atoms with Gasteiger partial charge < -0.3 is 5.32 Å². The molecule has 0 fully saturated rings. The van der Waals surface area contributed by atoms with E-state index >= 15 is 0 Å². The maximum atomic E-state index is 12.6. The first-order valence-corrected chi connectivity index (χ1v) is 7.91. The molecule has 0 aliphatic heterocycles. The zero-order chi connectivity index (χ0) is 19.0. The summed E-state index contributed by atoms with van der Waals surface area (Å²) in [6.45, 7) is 0. The number of amides is 1. The quantitative estimate of drug-likeness (QED) is 0.531. The van der Waals surface area contributed by atoms with Crippen molar-refractivity contribution in [2.24, 2.45) is 0 Å². The normalized spacial score (nSPS) is 11.7. The lowest BCUT2D eigenvalue weighted by atomic mass is 10.1. The van der Waals surface area contributed by atoms with Crippen molar-refractivity contribution in [2.75, 3.05) is 5.32 Å². The van der Waals surface area contributed by atoms with E-state index < -0.39 is 17.6 Å². The number of carbonyl (C=O) groups excluding carboxylic acids is 1. The molecule has 0 spiro atoms. The second-order valence-corrected chi connectivity index (χ2v) is 5.80. The smallest absolute Gasteiger partial charge is 0.307 e. The van der Waals surface area contributed by atoms with E-state index in [2.05, 4.69) is 20.3 Å². The molecule has 1 amide bonds. The number of hydrogen-bond acceptors (Lipinski definition) is 4. The highest BCUT2D eigenvalue weighted by molar-refractivity contribution is 6.05. The second kappa shape index (κ2) is 6.31. The zero-order valence-corrected chi connectivity index (χ0v) is 13.7. The van der Waals surface area contributed by atoms with Crippen molar-refractivity contribution < 1.29 is 18.0 Å². The van der Waals surface area contributed by atoms with Crippen LogP contribution in [-0.4, -0.2) is 20.9 Å². The van der Waals surface area contributed by atoms with E-state index in [0.717, 1.165) is 17.6 Å². The third kappa shape index (κ3) is 3.41. The first-order chi connectivity index (χ1) is 12.9. The van der Waals surface area contributed by atoms with Crippen molar-refractivity contribution in [2.45, 2.75) is 6.18 Å². The van der Waals surface area contributed by atoms with E-state index in [1.165, 1.54) is 0 Å². The van der Waals surface area contributed by atoms with Crippen LogP contribution < -0.4 is 5.32 Å². The Morgan fingerprint density at radius 2 is 1.52 bits per heavy atom. The summed E-state index contributed by atoms with van der Waals surface area (Å²) < 4.78 is 37.7. The average Bonchev–Trinajstić information content (AvgIpc) is 2.65. The number of nitrogens with zero attached hydrogens (tertiary/aromatic N) is 3. The molecule has 4 rings (SSSR count). The van der Waals surface area contributed by atoms with Crippen molar-refractivity contribution in [3.05, 3.63) is 71.9 Å². The summed E-state index contributed by atoms with van der Waals surface area (Å²) in [5.41, 5.74) is 2.05. The van der Waals surface area contributed by atoms with Crippen LogP contribution in [0, 0.1) is 0 Å². The predicted molar refractivity (Wildman–Crippen MR) is 94.2 cm³/mol. The van der Waals surface area contributed by atoms with Gasteiger partial charge in [0, 0.05) is 11.8 Å². The van der Waals surface area contributed by atoms with Gasteiger partial charge in [0.25, 0.3) is 5.91 Å². The summed E-state index contributed by atoms with van der Waals surface area (Å²) in [7, 11) is 0. The van der Waals surface area contributed by atoms with Crippen molar-refractivity contribution in [1.29, 1.82) is 0 Å². The number of hydrogen-bond donors (Lipinski definition) is 1. The highest BCUT2D eigenvalue weighted by Crippen LogP contribution is 2.29. The summed E-state index contributed by atoms with van der Waals surface area (Å²) in [6, 6.07) is 14.2. The Bertz CT molecular complexity index is 1160. The van der Waals surface area contributed by atoms with Crippen LogP contribution in [-0.2, 0) is 6.18 Å². The second-order valence-electron chi connectivity index (χ2n) is 5.80. The summed E-state index contributed by atoms with van der Waals surface area (Å²) in [5, 5.41) is 2.47. The van der Waals surface area contributed by atoms with Gasteiger partial charge in [-0.1, -0.05) is 12.1 Å². The van der Waals surface area contributed by atoms with Gasteiger partial charge in [-0.25, -0.2) is 15.0 Å². The highest BCUT2D eigenvalue weighted by Gasteiger charge is 2.30. The predicted octanol–water partition coefficient (Wildman–Crippen LogP) is 4.45. The number of anilines is 1. The molecule has 4 aromatic rings. The SMILES string of the molecule is O=C(Nc1ccc(C(F)(F)F)cn1)c1ccc2nc3ccccc3nc2c1. The molecular formula is C19H11F3N4O. The molecule has 0 atom stereocenters. The summed E-state index contributed by atoms with van der Waals surface area (Å²) in [4.78, 5) is 25.0. The lowest BCUT2D eigenvalue weighted by Gasteiger charge is -2.08. The molecule has 27 heavy (non-hydrogen) atoms. The van der Waals surface area contributed by atoms with E-state index in [0.29, 0.717) is 28.3 Å². The number of benzene rings is 2. The van der Waals surface area contributed by atoms with Gasteiger partial charge in [-0.2, -0.15) is 13.2 Å². The maximum Gasteiger partial charge on any atom is 0.417 e. The molecule has 2 aromatic carbocycles. The third-order valence-electron chi connectivity index (χ3n) is 3.93. The molecule has 0 saturated heterocycles. The van der Waals surface area contributed by atoms with Gasteiger partial charge in [-0.15, -0.1) is 0 Å². The van der Waals surface area contributed by atoms with Crippen LogP contribution in [0.1, 0.15) is 15.9 Å². The zero-order valence-electron chi connectivity index (χ0n) is 13.7. The molecule has 0 unspecified atom stereocenters. The third-order valence-corrected chi connectivity index (χ3v) is 3.93. The van der Waals surface area contributed by atoms with E-state index in [-0.39, 0.29) is 5.82 Å². The minimum absolute atomic E-state index is 0.0256. The molecule has 0 aliphatic rings. The lowest BCUT2D eigenvalue weighted by molar-refractivity contribution is -0.137. The van der Waals surface area contributed by atoms with E-state index in [9.17, 15) is 18.0 Å². The molecule has 2 aromatic heterocycles. The van der Waals surface area contributed by atoms with Crippen molar-refractivity contribution in [1.82, 2.24) is 15.0 Å². The van der Waals surface area contributed by atoms with Crippen LogP contribution in [0.5, 0.6) is 0 Å². The Morgan fingerprint density at radius 1 is 0.852 bits per heavy atom. The standard InChI is InChI=1S/C19H11F3N4O/c20-19(21,22)12-6-8-17(23-10-12)26-18(27)11-5-7-15-16(9-11)25-14-4-2-1-3-13(14)24-15/h1-10H,(H,23,26,27). The first kappa shape index (κ1) is 16.9. The Kier molecular flexibility index (Phi) is 3.95. The number of para-hydroxylation sites is 2. The minimum atomic E-state index is -4.48. The molecule has 0 saturated carbocycles. The number of halogens is 3. The fraction of sp³-hybridized carbons (Fsp3) is 0.0526. The van der Waals surface area contributed by atoms with Gasteiger partial charge in [0.1, 0.15) is 5.82 Å². The van der Waals surface area contributed by atoms with E-state index in [1.54, 1.807) is 18.2 Å². The first-order valence-electron chi connectivity index (χ1n) is 7.91. The molecule has 5 nitrogen and oxygen atoms in total. The van der Waals surface area contributed by atoms with Crippen LogP contribution in [0.2, 0.25) is 0 Å². The van der Waals surface area contributed by atoms with E-state index in [1.807, 2.05) is 24.3 Å². The number of alkyl halides is 3. The summed E-state index contributed by atoms with van der Waals surface area (Å²) in [6.07, 6.45) is -3.80. The maximum absolute atomic E-state index is 12.6. The lowest BCUT2D eigenvalue weighted by Crippen LogP contribution is -2.14. The number of pyridine rings is 1. The largest absolute Gasteiger partial charge is 0.417 e. The molecular weight excluding hydrogens is 357 g/mol. The number of nitrogens with one attached hydrogen (secondary N) is 1. The van der Waals surface area contributed by atoms with Crippen LogP contribution in [0.4, 0.5) is 19.0 Å². The van der Waals surface area contributed by atoms with Gasteiger partial charge in [0.2, 0.25) is 0 Å². The van der Waals surface area contributed by atoms with Gasteiger partial charge in [0.15, 0.2) is 0 Å². The van der Waals surface area contributed by atoms with Crippen LogP contribution in [0.15, 0.2) is 60.8 Å². The molecule has 0 aliphatic carbocycles. The number of carbonyl (C=O) groups is 1. The van der Waals surface area contributed by atoms with Crippen molar-refractivity contribution in [3.8, 4) is 0 Å². The van der Waals surface area contributed by atoms with Crippen molar-refractivity contribution in [3.63, 3.8) is 0 Å². The number of aromatic nitrogens is 3. The van der Waals surface area contributed by atoms with Crippen LogP contribution in [0.3, 0.4) is 0 Å². The summed E-state index contributed by atoms with van der Waals surface area (Å²) >= 11 is 0. The fourth-order valence-electron chi connectivity index (χ4n) is 2.59. The Hall–Kier alpha value is -3.55. The molecule has 2 heterocycles. The Morgan fingerprint density at radius 3 is 2.15 bits per heavy atom. The van der Waals surface area contributed by atoms with Gasteiger partial charge in [-0.05, 0) is 42.5 Å². The topological polar surface area (TPSA) is 67.8 Å². The van der Waals surface area contributed by atoms with Gasteiger partial charge in [-0.3, -0.25) is 4.79 Å².